The molecule has 8 nitrogen and oxygen atoms in total. The Morgan fingerprint density at radius 3 is 2.76 bits per heavy atom. The standard InChI is InChI=1S/C24H39N3O5S/c1-3-31-24-23(17(2)10-13-26-24)18-6-8-19(9-7-18)32-16-22-21(5-4-12-25-22)27-33(28,29)20-11-14-30-15-20/h10,13,18-22,25,27H,3-9,11-12,14-16H2,1-2H3/t18?,19?,20-,21-,22-/m0/s1. The lowest BCUT2D eigenvalue weighted by atomic mass is 9.81. The predicted octanol–water partition coefficient (Wildman–Crippen LogP) is 2.66. The monoisotopic (exact) mass is 481 g/mol. The number of hydrogen-bond acceptors (Lipinski definition) is 7. The maximum absolute atomic E-state index is 12.7. The first-order valence-corrected chi connectivity index (χ1v) is 14.0. The summed E-state index contributed by atoms with van der Waals surface area (Å²) < 4.78 is 45.9. The summed E-state index contributed by atoms with van der Waals surface area (Å²) in [5.74, 6) is 1.22. The molecule has 1 aliphatic carbocycles. The minimum atomic E-state index is -3.37. The zero-order valence-corrected chi connectivity index (χ0v) is 20.7. The maximum Gasteiger partial charge on any atom is 0.217 e. The summed E-state index contributed by atoms with van der Waals surface area (Å²) in [5, 5.41) is 3.04. The Balaban J connectivity index is 1.29. The molecular weight excluding hydrogens is 442 g/mol. The molecule has 186 valence electrons. The van der Waals surface area contributed by atoms with E-state index in [0.29, 0.717) is 38.8 Å². The zero-order valence-electron chi connectivity index (χ0n) is 19.9. The van der Waals surface area contributed by atoms with E-state index in [-0.39, 0.29) is 18.2 Å². The van der Waals surface area contributed by atoms with Crippen molar-refractivity contribution in [1.29, 1.82) is 0 Å². The summed E-state index contributed by atoms with van der Waals surface area (Å²) in [6.45, 7) is 6.99. The minimum absolute atomic E-state index is 0.00121. The van der Waals surface area contributed by atoms with Gasteiger partial charge in [-0.15, -0.1) is 0 Å². The molecule has 1 aromatic heterocycles. The molecule has 33 heavy (non-hydrogen) atoms. The van der Waals surface area contributed by atoms with Crippen LogP contribution in [0.4, 0.5) is 0 Å². The third-order valence-corrected chi connectivity index (χ3v) is 9.15. The smallest absolute Gasteiger partial charge is 0.217 e. The lowest BCUT2D eigenvalue weighted by Gasteiger charge is -2.36. The molecule has 9 heteroatoms. The molecule has 3 atom stereocenters. The third kappa shape index (κ3) is 6.25. The second kappa shape index (κ2) is 11.4. The van der Waals surface area contributed by atoms with Gasteiger partial charge in [0.1, 0.15) is 5.25 Å². The molecule has 0 bridgehead atoms. The van der Waals surface area contributed by atoms with Gasteiger partial charge in [0, 0.05) is 30.5 Å². The van der Waals surface area contributed by atoms with E-state index in [1.54, 1.807) is 0 Å². The summed E-state index contributed by atoms with van der Waals surface area (Å²) in [6.07, 6.45) is 8.48. The highest BCUT2D eigenvalue weighted by Crippen LogP contribution is 2.39. The van der Waals surface area contributed by atoms with Crippen LogP contribution in [0.3, 0.4) is 0 Å². The van der Waals surface area contributed by atoms with Gasteiger partial charge in [0.15, 0.2) is 0 Å². The number of sulfonamides is 1. The van der Waals surface area contributed by atoms with Crippen LogP contribution < -0.4 is 14.8 Å². The molecule has 0 spiro atoms. The number of piperidine rings is 1. The van der Waals surface area contributed by atoms with Crippen LogP contribution in [-0.4, -0.2) is 69.8 Å². The van der Waals surface area contributed by atoms with Gasteiger partial charge in [0.25, 0.3) is 0 Å². The van der Waals surface area contributed by atoms with Crippen LogP contribution in [0.1, 0.15) is 68.9 Å². The summed E-state index contributed by atoms with van der Waals surface area (Å²) in [5.41, 5.74) is 2.49. The van der Waals surface area contributed by atoms with Crippen molar-refractivity contribution in [3.8, 4) is 5.88 Å². The van der Waals surface area contributed by atoms with Crippen molar-refractivity contribution in [2.75, 3.05) is 33.0 Å². The highest BCUT2D eigenvalue weighted by atomic mass is 32.2. The van der Waals surface area contributed by atoms with Crippen molar-refractivity contribution in [3.05, 3.63) is 23.4 Å². The molecule has 2 N–H and O–H groups in total. The molecule has 4 rings (SSSR count). The molecule has 2 saturated heterocycles. The van der Waals surface area contributed by atoms with Crippen LogP contribution in [0.5, 0.6) is 5.88 Å². The summed E-state index contributed by atoms with van der Waals surface area (Å²) in [7, 11) is -3.37. The Bertz CT molecular complexity index is 867. The Morgan fingerprint density at radius 1 is 1.21 bits per heavy atom. The van der Waals surface area contributed by atoms with E-state index in [2.05, 4.69) is 28.0 Å². The van der Waals surface area contributed by atoms with Crippen molar-refractivity contribution in [1.82, 2.24) is 15.0 Å². The molecule has 3 aliphatic rings. The first-order chi connectivity index (χ1) is 16.0. The fraction of sp³-hybridized carbons (Fsp3) is 0.792. The van der Waals surface area contributed by atoms with E-state index in [1.165, 1.54) is 11.1 Å². The van der Waals surface area contributed by atoms with Gasteiger partial charge in [-0.05, 0) is 82.9 Å². The van der Waals surface area contributed by atoms with Gasteiger partial charge < -0.3 is 19.5 Å². The topological polar surface area (TPSA) is 98.8 Å². The molecular formula is C24H39N3O5S. The SMILES string of the molecule is CCOc1nccc(C)c1C1CCC(OC[C@@H]2NCCC[C@@H]2NS(=O)(=O)[C@H]2CCOC2)CC1. The molecule has 0 radical (unpaired) electrons. The summed E-state index contributed by atoms with van der Waals surface area (Å²) in [4.78, 5) is 4.46. The second-order valence-electron chi connectivity index (χ2n) is 9.54. The Hall–Kier alpha value is -1.26. The lowest BCUT2D eigenvalue weighted by molar-refractivity contribution is 0.00501. The lowest BCUT2D eigenvalue weighted by Crippen LogP contribution is -2.57. The van der Waals surface area contributed by atoms with Gasteiger partial charge in [-0.3, -0.25) is 0 Å². The predicted molar refractivity (Wildman–Crippen MR) is 127 cm³/mol. The van der Waals surface area contributed by atoms with E-state index in [9.17, 15) is 8.42 Å². The average molecular weight is 482 g/mol. The Labute approximate surface area is 198 Å². The van der Waals surface area contributed by atoms with Gasteiger partial charge in [-0.25, -0.2) is 18.1 Å². The summed E-state index contributed by atoms with van der Waals surface area (Å²) >= 11 is 0. The van der Waals surface area contributed by atoms with Crippen molar-refractivity contribution >= 4 is 10.0 Å². The number of nitrogens with zero attached hydrogens (tertiary/aromatic N) is 1. The summed E-state index contributed by atoms with van der Waals surface area (Å²) in [6, 6.07) is 1.93. The van der Waals surface area contributed by atoms with E-state index in [4.69, 9.17) is 14.2 Å². The fourth-order valence-electron chi connectivity index (χ4n) is 5.38. The van der Waals surface area contributed by atoms with E-state index >= 15 is 0 Å². The fourth-order valence-corrected chi connectivity index (χ4v) is 6.96. The van der Waals surface area contributed by atoms with Gasteiger partial charge in [0.2, 0.25) is 15.9 Å². The van der Waals surface area contributed by atoms with Gasteiger partial charge >= 0.3 is 0 Å². The highest BCUT2D eigenvalue weighted by Gasteiger charge is 2.35. The van der Waals surface area contributed by atoms with Crippen molar-refractivity contribution in [2.45, 2.75) is 88.1 Å². The second-order valence-corrected chi connectivity index (χ2v) is 11.5. The first-order valence-electron chi connectivity index (χ1n) is 12.5. The molecule has 3 heterocycles. The molecule has 1 aromatic rings. The van der Waals surface area contributed by atoms with Crippen molar-refractivity contribution in [3.63, 3.8) is 0 Å². The van der Waals surface area contributed by atoms with E-state index in [0.717, 1.165) is 50.9 Å². The molecule has 3 fully saturated rings. The highest BCUT2D eigenvalue weighted by molar-refractivity contribution is 7.90. The zero-order chi connectivity index (χ0) is 23.3. The Kier molecular flexibility index (Phi) is 8.62. The number of aromatic nitrogens is 1. The quantitative estimate of drug-likeness (QED) is 0.559. The largest absolute Gasteiger partial charge is 0.478 e. The van der Waals surface area contributed by atoms with Gasteiger partial charge in [-0.1, -0.05) is 0 Å². The first kappa shape index (κ1) is 24.9. The van der Waals surface area contributed by atoms with E-state index in [1.807, 2.05) is 13.1 Å². The van der Waals surface area contributed by atoms with Crippen LogP contribution >= 0.6 is 0 Å². The number of aryl methyl sites for hydroxylation is 1. The molecule has 0 unspecified atom stereocenters. The number of nitrogens with one attached hydrogen (secondary N) is 2. The third-order valence-electron chi connectivity index (χ3n) is 7.27. The number of pyridine rings is 1. The molecule has 2 aliphatic heterocycles. The van der Waals surface area contributed by atoms with Gasteiger partial charge in [-0.2, -0.15) is 0 Å². The van der Waals surface area contributed by atoms with Crippen LogP contribution in [0.2, 0.25) is 0 Å². The van der Waals surface area contributed by atoms with Crippen LogP contribution in [0.25, 0.3) is 0 Å². The minimum Gasteiger partial charge on any atom is -0.478 e. The number of hydrogen-bond donors (Lipinski definition) is 2. The molecule has 0 amide bonds. The van der Waals surface area contributed by atoms with E-state index < -0.39 is 15.3 Å². The number of rotatable bonds is 9. The van der Waals surface area contributed by atoms with Crippen molar-refractivity contribution < 1.29 is 22.6 Å². The van der Waals surface area contributed by atoms with Crippen molar-refractivity contribution in [2.24, 2.45) is 0 Å². The van der Waals surface area contributed by atoms with Gasteiger partial charge in [0.05, 0.1) is 25.9 Å². The Morgan fingerprint density at radius 2 is 2.03 bits per heavy atom. The average Bonchev–Trinajstić information content (AvgIpc) is 3.36. The molecule has 1 saturated carbocycles. The normalized spacial score (nSPS) is 30.9. The molecule has 0 aromatic carbocycles. The van der Waals surface area contributed by atoms with Crippen LogP contribution in [-0.2, 0) is 19.5 Å². The van der Waals surface area contributed by atoms with Crippen LogP contribution in [0, 0.1) is 6.92 Å². The maximum atomic E-state index is 12.7. The number of ether oxygens (including phenoxy) is 3. The van der Waals surface area contributed by atoms with Crippen LogP contribution in [0.15, 0.2) is 12.3 Å².